The molecule has 0 aliphatic carbocycles. The molecular formula is C22H25FN2O2S. The summed E-state index contributed by atoms with van der Waals surface area (Å²) in [5.41, 5.74) is 2.54. The molecule has 2 aromatic carbocycles. The van der Waals surface area contributed by atoms with E-state index in [0.717, 1.165) is 5.56 Å². The SMILES string of the molecule is Cc1c(F)cccc1N1C(=O)CSC1c1cccc(NC(=O)CC(C)(C)C)c1. The summed E-state index contributed by atoms with van der Waals surface area (Å²) in [6, 6.07) is 12.3. The largest absolute Gasteiger partial charge is 0.326 e. The number of rotatable bonds is 4. The number of carbonyl (C=O) groups excluding carboxylic acids is 2. The summed E-state index contributed by atoms with van der Waals surface area (Å²) in [6.07, 6.45) is 0.419. The van der Waals surface area contributed by atoms with Crippen molar-refractivity contribution in [3.8, 4) is 0 Å². The number of nitrogens with one attached hydrogen (secondary N) is 1. The Balaban J connectivity index is 1.87. The molecule has 6 heteroatoms. The van der Waals surface area contributed by atoms with Gasteiger partial charge in [-0.2, -0.15) is 0 Å². The number of hydrogen-bond acceptors (Lipinski definition) is 3. The van der Waals surface area contributed by atoms with Gasteiger partial charge in [0.15, 0.2) is 0 Å². The molecule has 0 bridgehead atoms. The van der Waals surface area contributed by atoms with Crippen molar-refractivity contribution in [2.45, 2.75) is 39.5 Å². The second-order valence-electron chi connectivity index (χ2n) is 8.22. The van der Waals surface area contributed by atoms with Gasteiger partial charge in [0.05, 0.1) is 11.4 Å². The molecule has 3 rings (SSSR count). The highest BCUT2D eigenvalue weighted by atomic mass is 32.2. The predicted molar refractivity (Wildman–Crippen MR) is 113 cm³/mol. The lowest BCUT2D eigenvalue weighted by atomic mass is 9.92. The van der Waals surface area contributed by atoms with Gasteiger partial charge in [-0.15, -0.1) is 11.8 Å². The maximum atomic E-state index is 14.0. The summed E-state index contributed by atoms with van der Waals surface area (Å²) >= 11 is 1.50. The molecule has 0 saturated carbocycles. The number of halogens is 1. The maximum absolute atomic E-state index is 14.0. The highest BCUT2D eigenvalue weighted by Gasteiger charge is 2.35. The van der Waals surface area contributed by atoms with Gasteiger partial charge in [-0.1, -0.05) is 39.0 Å². The molecule has 0 radical (unpaired) electrons. The standard InChI is InChI=1S/C22H25FN2O2S/c1-14-17(23)9-6-10-18(14)25-20(27)13-28-21(25)15-7-5-8-16(11-15)24-19(26)12-22(2,3)4/h5-11,21H,12-13H2,1-4H3,(H,24,26). The molecule has 1 aliphatic rings. The average Bonchev–Trinajstić information content (AvgIpc) is 2.97. The van der Waals surface area contributed by atoms with Gasteiger partial charge in [0, 0.05) is 17.7 Å². The Morgan fingerprint density at radius 3 is 2.68 bits per heavy atom. The van der Waals surface area contributed by atoms with Crippen LogP contribution < -0.4 is 10.2 Å². The van der Waals surface area contributed by atoms with Crippen LogP contribution in [0.1, 0.15) is 43.7 Å². The minimum Gasteiger partial charge on any atom is -0.326 e. The fourth-order valence-corrected chi connectivity index (χ4v) is 4.40. The fourth-order valence-electron chi connectivity index (χ4n) is 3.24. The zero-order valence-electron chi connectivity index (χ0n) is 16.6. The van der Waals surface area contributed by atoms with Crippen molar-refractivity contribution >= 4 is 35.0 Å². The van der Waals surface area contributed by atoms with E-state index in [9.17, 15) is 14.0 Å². The molecular weight excluding hydrogens is 375 g/mol. The van der Waals surface area contributed by atoms with Crippen LogP contribution in [0.25, 0.3) is 0 Å². The lowest BCUT2D eigenvalue weighted by Crippen LogP contribution is -2.28. The van der Waals surface area contributed by atoms with Crippen molar-refractivity contribution in [3.63, 3.8) is 0 Å². The first-order chi connectivity index (χ1) is 13.2. The first-order valence-electron chi connectivity index (χ1n) is 9.24. The van der Waals surface area contributed by atoms with Gasteiger partial charge >= 0.3 is 0 Å². The van der Waals surface area contributed by atoms with Crippen molar-refractivity contribution in [3.05, 3.63) is 59.4 Å². The van der Waals surface area contributed by atoms with E-state index >= 15 is 0 Å². The zero-order chi connectivity index (χ0) is 20.5. The Labute approximate surface area is 169 Å². The van der Waals surface area contributed by atoms with E-state index in [1.54, 1.807) is 24.0 Å². The Kier molecular flexibility index (Phi) is 5.79. The van der Waals surface area contributed by atoms with E-state index in [2.05, 4.69) is 5.32 Å². The van der Waals surface area contributed by atoms with Crippen LogP contribution in [0.2, 0.25) is 0 Å². The van der Waals surface area contributed by atoms with Gasteiger partial charge < -0.3 is 5.32 Å². The third-order valence-electron chi connectivity index (χ3n) is 4.51. The zero-order valence-corrected chi connectivity index (χ0v) is 17.4. The van der Waals surface area contributed by atoms with E-state index in [4.69, 9.17) is 0 Å². The average molecular weight is 401 g/mol. The van der Waals surface area contributed by atoms with Crippen LogP contribution in [0.15, 0.2) is 42.5 Å². The number of thioether (sulfide) groups is 1. The Morgan fingerprint density at radius 1 is 1.25 bits per heavy atom. The highest BCUT2D eigenvalue weighted by Crippen LogP contribution is 2.43. The molecule has 1 N–H and O–H groups in total. The van der Waals surface area contributed by atoms with Crippen LogP contribution in [0.4, 0.5) is 15.8 Å². The fraction of sp³-hybridized carbons (Fsp3) is 0.364. The van der Waals surface area contributed by atoms with Crippen LogP contribution in [0, 0.1) is 18.2 Å². The van der Waals surface area contributed by atoms with Gasteiger partial charge in [-0.25, -0.2) is 4.39 Å². The first kappa shape index (κ1) is 20.4. The minimum atomic E-state index is -0.329. The molecule has 1 heterocycles. The van der Waals surface area contributed by atoms with Gasteiger partial charge in [-0.05, 0) is 42.2 Å². The lowest BCUT2D eigenvalue weighted by Gasteiger charge is -2.26. The van der Waals surface area contributed by atoms with Gasteiger partial charge in [0.1, 0.15) is 11.2 Å². The lowest BCUT2D eigenvalue weighted by molar-refractivity contribution is -0.118. The van der Waals surface area contributed by atoms with Gasteiger partial charge in [0.2, 0.25) is 11.8 Å². The topological polar surface area (TPSA) is 49.4 Å². The van der Waals surface area contributed by atoms with Crippen molar-refractivity contribution in [2.24, 2.45) is 5.41 Å². The minimum absolute atomic E-state index is 0.0439. The van der Waals surface area contributed by atoms with Crippen molar-refractivity contribution in [1.29, 1.82) is 0 Å². The third kappa shape index (κ3) is 4.55. The smallest absolute Gasteiger partial charge is 0.238 e. The monoisotopic (exact) mass is 400 g/mol. The van der Waals surface area contributed by atoms with Crippen LogP contribution in [-0.4, -0.2) is 17.6 Å². The van der Waals surface area contributed by atoms with Crippen molar-refractivity contribution in [2.75, 3.05) is 16.0 Å². The Morgan fingerprint density at radius 2 is 1.96 bits per heavy atom. The molecule has 148 valence electrons. The van der Waals surface area contributed by atoms with E-state index in [1.165, 1.54) is 17.8 Å². The summed E-state index contributed by atoms with van der Waals surface area (Å²) in [6.45, 7) is 7.73. The Bertz CT molecular complexity index is 908. The van der Waals surface area contributed by atoms with Crippen LogP contribution >= 0.6 is 11.8 Å². The molecule has 1 saturated heterocycles. The first-order valence-corrected chi connectivity index (χ1v) is 10.3. The molecule has 1 unspecified atom stereocenters. The van der Waals surface area contributed by atoms with Crippen molar-refractivity contribution in [1.82, 2.24) is 0 Å². The normalized spacial score (nSPS) is 17.1. The number of hydrogen-bond donors (Lipinski definition) is 1. The molecule has 0 spiro atoms. The maximum Gasteiger partial charge on any atom is 0.238 e. The molecule has 2 amide bonds. The summed E-state index contributed by atoms with van der Waals surface area (Å²) in [5.74, 6) is -0.0889. The van der Waals surface area contributed by atoms with E-state index in [-0.39, 0.29) is 28.4 Å². The predicted octanol–water partition coefficient (Wildman–Crippen LogP) is 5.29. The molecule has 0 aromatic heterocycles. The van der Waals surface area contributed by atoms with Crippen LogP contribution in [0.5, 0.6) is 0 Å². The highest BCUT2D eigenvalue weighted by molar-refractivity contribution is 8.00. The molecule has 1 fully saturated rings. The van der Waals surface area contributed by atoms with Crippen LogP contribution in [-0.2, 0) is 9.59 Å². The number of anilines is 2. The third-order valence-corrected chi connectivity index (χ3v) is 5.73. The van der Waals surface area contributed by atoms with Crippen LogP contribution in [0.3, 0.4) is 0 Å². The number of benzene rings is 2. The molecule has 4 nitrogen and oxygen atoms in total. The number of amides is 2. The number of nitrogens with zero attached hydrogens (tertiary/aromatic N) is 1. The summed E-state index contributed by atoms with van der Waals surface area (Å²) in [5, 5.41) is 2.68. The number of carbonyl (C=O) groups is 2. The molecule has 1 aliphatic heterocycles. The Hall–Kier alpha value is -2.34. The second-order valence-corrected chi connectivity index (χ2v) is 9.29. The van der Waals surface area contributed by atoms with E-state index in [0.29, 0.717) is 29.1 Å². The second kappa shape index (κ2) is 7.95. The molecule has 2 aromatic rings. The molecule has 1 atom stereocenters. The van der Waals surface area contributed by atoms with Gasteiger partial charge in [0.25, 0.3) is 0 Å². The van der Waals surface area contributed by atoms with E-state index in [1.807, 2.05) is 45.0 Å². The quantitative estimate of drug-likeness (QED) is 0.759. The summed E-state index contributed by atoms with van der Waals surface area (Å²) in [4.78, 5) is 26.5. The summed E-state index contributed by atoms with van der Waals surface area (Å²) < 4.78 is 14.0. The van der Waals surface area contributed by atoms with E-state index < -0.39 is 0 Å². The van der Waals surface area contributed by atoms with Crippen molar-refractivity contribution < 1.29 is 14.0 Å². The summed E-state index contributed by atoms with van der Waals surface area (Å²) in [7, 11) is 0. The molecule has 28 heavy (non-hydrogen) atoms. The van der Waals surface area contributed by atoms with Gasteiger partial charge in [-0.3, -0.25) is 14.5 Å².